The molecule has 0 aromatic heterocycles. The smallest absolute Gasteiger partial charge is 0.234 e. The number of amides is 1. The van der Waals surface area contributed by atoms with Crippen molar-refractivity contribution < 1.29 is 19.1 Å². The molecule has 9 nitrogen and oxygen atoms in total. The van der Waals surface area contributed by atoms with Gasteiger partial charge in [0, 0.05) is 41.9 Å². The number of thioether (sulfide) groups is 1. The number of benzene rings is 2. The van der Waals surface area contributed by atoms with Gasteiger partial charge in [-0.05, 0) is 66.8 Å². The van der Waals surface area contributed by atoms with Crippen molar-refractivity contribution in [3.05, 3.63) is 52.6 Å². The maximum atomic E-state index is 14.1. The molecule has 5 unspecified atom stereocenters. The van der Waals surface area contributed by atoms with Crippen LogP contribution in [0.4, 0.5) is 5.69 Å². The molecule has 10 heteroatoms. The van der Waals surface area contributed by atoms with E-state index >= 15 is 0 Å². The predicted molar refractivity (Wildman–Crippen MR) is 151 cm³/mol. The van der Waals surface area contributed by atoms with Gasteiger partial charge in [0.2, 0.25) is 5.91 Å². The summed E-state index contributed by atoms with van der Waals surface area (Å²) in [7, 11) is 0. The molecule has 2 fully saturated rings. The predicted octanol–water partition coefficient (Wildman–Crippen LogP) is 1.67. The first-order chi connectivity index (χ1) is 18.8. The van der Waals surface area contributed by atoms with Crippen LogP contribution in [0.2, 0.25) is 0 Å². The number of Topliss-reactive ketones (excluding diaryl/α,β-unsaturated/α-hetero) is 1. The number of nitrogen functional groups attached to an aromatic ring is 1. The summed E-state index contributed by atoms with van der Waals surface area (Å²) in [5.41, 5.74) is 22.3. The fraction of sp³-hybridized carbons (Fsp3) is 0.517. The SMILES string of the molecule is Cc1cc(OC2CCOCC2)ccc1C1(N)C(=O)C(N)C2c3c1ccc(N)c3SC2C(=O)NC1CCCNC1. The third-order valence-electron chi connectivity index (χ3n) is 8.63. The minimum absolute atomic E-state index is 0.0565. The summed E-state index contributed by atoms with van der Waals surface area (Å²) in [6.07, 6.45) is 3.72. The number of ether oxygens (including phenoxy) is 2. The molecule has 0 bridgehead atoms. The van der Waals surface area contributed by atoms with E-state index in [1.165, 1.54) is 11.8 Å². The van der Waals surface area contributed by atoms with E-state index < -0.39 is 22.7 Å². The van der Waals surface area contributed by atoms with Gasteiger partial charge in [0.1, 0.15) is 17.4 Å². The Balaban J connectivity index is 1.35. The molecule has 208 valence electrons. The van der Waals surface area contributed by atoms with Crippen molar-refractivity contribution in [2.75, 3.05) is 32.0 Å². The van der Waals surface area contributed by atoms with Gasteiger partial charge in [-0.1, -0.05) is 12.1 Å². The van der Waals surface area contributed by atoms with Crippen molar-refractivity contribution in [1.82, 2.24) is 10.6 Å². The average Bonchev–Trinajstić information content (AvgIpc) is 3.35. The summed E-state index contributed by atoms with van der Waals surface area (Å²) in [6.45, 7) is 5.01. The maximum absolute atomic E-state index is 14.1. The number of carbonyl (C=O) groups is 2. The normalized spacial score (nSPS) is 30.6. The van der Waals surface area contributed by atoms with Gasteiger partial charge in [-0.25, -0.2) is 0 Å². The molecule has 5 atom stereocenters. The number of piperidine rings is 1. The molecular weight excluding hydrogens is 514 g/mol. The highest BCUT2D eigenvalue weighted by molar-refractivity contribution is 8.01. The van der Waals surface area contributed by atoms with Crippen LogP contribution in [0.1, 0.15) is 53.9 Å². The standard InChI is InChI=1S/C29H37N5O4S/c1-15-13-18(38-17-8-11-37-12-9-17)4-5-19(15)29(32)20-6-7-21(30)25-22(20)23(24(31)27(29)35)26(39-25)28(36)34-16-3-2-10-33-14-16/h4-7,13,16-17,23-24,26,33H,2-3,8-12,14,30-32H2,1H3,(H,34,36). The highest BCUT2D eigenvalue weighted by Gasteiger charge is 2.57. The van der Waals surface area contributed by atoms with Crippen molar-refractivity contribution in [2.45, 2.75) is 72.4 Å². The van der Waals surface area contributed by atoms with E-state index in [9.17, 15) is 9.59 Å². The van der Waals surface area contributed by atoms with Gasteiger partial charge in [-0.2, -0.15) is 0 Å². The lowest BCUT2D eigenvalue weighted by Crippen LogP contribution is -2.61. The fourth-order valence-corrected chi connectivity index (χ4v) is 8.05. The minimum Gasteiger partial charge on any atom is -0.490 e. The molecule has 1 aliphatic carbocycles. The molecule has 0 radical (unpaired) electrons. The molecule has 0 saturated carbocycles. The molecule has 3 heterocycles. The van der Waals surface area contributed by atoms with Crippen LogP contribution in [-0.2, 0) is 19.9 Å². The molecule has 39 heavy (non-hydrogen) atoms. The van der Waals surface area contributed by atoms with Gasteiger partial charge >= 0.3 is 0 Å². The van der Waals surface area contributed by atoms with Crippen LogP contribution in [0.5, 0.6) is 5.75 Å². The summed E-state index contributed by atoms with van der Waals surface area (Å²) < 4.78 is 11.6. The first-order valence-corrected chi connectivity index (χ1v) is 14.7. The first-order valence-electron chi connectivity index (χ1n) is 13.8. The zero-order chi connectivity index (χ0) is 27.3. The van der Waals surface area contributed by atoms with Gasteiger partial charge in [-0.15, -0.1) is 11.8 Å². The Morgan fingerprint density at radius 3 is 2.67 bits per heavy atom. The van der Waals surface area contributed by atoms with E-state index in [-0.39, 0.29) is 23.8 Å². The number of nitrogens with one attached hydrogen (secondary N) is 2. The number of anilines is 1. The van der Waals surface area contributed by atoms with Crippen LogP contribution >= 0.6 is 11.8 Å². The van der Waals surface area contributed by atoms with E-state index in [0.717, 1.165) is 60.5 Å². The molecule has 6 rings (SSSR count). The number of hydrogen-bond acceptors (Lipinski definition) is 9. The number of hydrogen-bond donors (Lipinski definition) is 5. The largest absolute Gasteiger partial charge is 0.490 e. The quantitative estimate of drug-likeness (QED) is 0.349. The Morgan fingerprint density at radius 2 is 1.95 bits per heavy atom. The second kappa shape index (κ2) is 10.4. The lowest BCUT2D eigenvalue weighted by molar-refractivity contribution is -0.126. The number of aryl methyl sites for hydroxylation is 1. The van der Waals surface area contributed by atoms with E-state index in [4.69, 9.17) is 26.7 Å². The monoisotopic (exact) mass is 551 g/mol. The Labute approximate surface area is 232 Å². The molecule has 2 aromatic rings. The number of carbonyl (C=O) groups excluding carboxylic acids is 2. The van der Waals surface area contributed by atoms with E-state index in [0.29, 0.717) is 30.0 Å². The molecule has 1 amide bonds. The molecule has 8 N–H and O–H groups in total. The summed E-state index contributed by atoms with van der Waals surface area (Å²) in [4.78, 5) is 28.4. The topological polar surface area (TPSA) is 155 Å². The van der Waals surface area contributed by atoms with Crippen molar-refractivity contribution >= 4 is 29.1 Å². The highest BCUT2D eigenvalue weighted by Crippen LogP contribution is 2.56. The molecular formula is C29H37N5O4S. The second-order valence-electron chi connectivity index (χ2n) is 11.2. The summed E-state index contributed by atoms with van der Waals surface area (Å²) in [5.74, 6) is -0.166. The first kappa shape index (κ1) is 26.6. The third kappa shape index (κ3) is 4.52. The number of ketones is 1. The van der Waals surface area contributed by atoms with E-state index in [2.05, 4.69) is 10.6 Å². The second-order valence-corrected chi connectivity index (χ2v) is 12.3. The van der Waals surface area contributed by atoms with Gasteiger partial charge < -0.3 is 37.3 Å². The Morgan fingerprint density at radius 1 is 1.18 bits per heavy atom. The van der Waals surface area contributed by atoms with Gasteiger partial charge in [0.25, 0.3) is 0 Å². The van der Waals surface area contributed by atoms with Gasteiger partial charge in [0.05, 0.1) is 24.5 Å². The van der Waals surface area contributed by atoms with Crippen LogP contribution in [-0.4, -0.2) is 61.4 Å². The van der Waals surface area contributed by atoms with Crippen LogP contribution in [0.25, 0.3) is 0 Å². The van der Waals surface area contributed by atoms with Gasteiger partial charge in [-0.3, -0.25) is 9.59 Å². The Kier molecular flexibility index (Phi) is 7.09. The van der Waals surface area contributed by atoms with Crippen molar-refractivity contribution in [1.29, 1.82) is 0 Å². The lowest BCUT2D eigenvalue weighted by Gasteiger charge is -2.42. The average molecular weight is 552 g/mol. The fourth-order valence-electron chi connectivity index (χ4n) is 6.59. The summed E-state index contributed by atoms with van der Waals surface area (Å²) in [6, 6.07) is 8.41. The Hall–Kier alpha value is -2.63. The van der Waals surface area contributed by atoms with Crippen LogP contribution < -0.4 is 32.6 Å². The van der Waals surface area contributed by atoms with Crippen LogP contribution in [0.3, 0.4) is 0 Å². The number of nitrogens with two attached hydrogens (primary N) is 3. The van der Waals surface area contributed by atoms with Gasteiger partial charge in [0.15, 0.2) is 5.78 Å². The molecule has 0 spiro atoms. The molecule has 2 aromatic carbocycles. The van der Waals surface area contributed by atoms with Crippen molar-refractivity contribution in [3.8, 4) is 5.75 Å². The summed E-state index contributed by atoms with van der Waals surface area (Å²) in [5, 5.41) is 5.95. The number of rotatable bonds is 5. The van der Waals surface area contributed by atoms with Crippen molar-refractivity contribution in [2.24, 2.45) is 11.5 Å². The lowest BCUT2D eigenvalue weighted by atomic mass is 9.64. The van der Waals surface area contributed by atoms with Crippen LogP contribution in [0, 0.1) is 6.92 Å². The van der Waals surface area contributed by atoms with Crippen LogP contribution in [0.15, 0.2) is 35.2 Å². The minimum atomic E-state index is -1.46. The highest BCUT2D eigenvalue weighted by atomic mass is 32.2. The zero-order valence-electron chi connectivity index (χ0n) is 22.2. The zero-order valence-corrected chi connectivity index (χ0v) is 23.0. The maximum Gasteiger partial charge on any atom is 0.234 e. The molecule has 2 saturated heterocycles. The third-order valence-corrected chi connectivity index (χ3v) is 10.1. The van der Waals surface area contributed by atoms with E-state index in [1.54, 1.807) is 6.07 Å². The van der Waals surface area contributed by atoms with Crippen molar-refractivity contribution in [3.63, 3.8) is 0 Å². The summed E-state index contributed by atoms with van der Waals surface area (Å²) >= 11 is 1.40. The van der Waals surface area contributed by atoms with E-state index in [1.807, 2.05) is 31.2 Å². The molecule has 4 aliphatic rings. The Bertz CT molecular complexity index is 1290. The molecule has 3 aliphatic heterocycles.